The number of urea groups is 1. The van der Waals surface area contributed by atoms with E-state index in [0.29, 0.717) is 4.90 Å². The Kier molecular flexibility index (Phi) is 6.26. The van der Waals surface area contributed by atoms with Crippen molar-refractivity contribution in [1.29, 1.82) is 0 Å². The fraction of sp³-hybridized carbons (Fsp3) is 0.727. The Labute approximate surface area is 111 Å². The van der Waals surface area contributed by atoms with Crippen molar-refractivity contribution in [3.8, 4) is 0 Å². The third-order valence-corrected chi connectivity index (χ3v) is 2.15. The summed E-state index contributed by atoms with van der Waals surface area (Å²) in [5.74, 6) is -2.59. The van der Waals surface area contributed by atoms with E-state index in [1.165, 1.54) is 18.7 Å². The summed E-state index contributed by atoms with van der Waals surface area (Å²) in [6, 6.07) is -0.727. The first-order valence-electron chi connectivity index (χ1n) is 5.76. The first-order valence-corrected chi connectivity index (χ1v) is 5.76. The van der Waals surface area contributed by atoms with Crippen LogP contribution in [0.3, 0.4) is 0 Å². The van der Waals surface area contributed by atoms with Crippen LogP contribution in [0.2, 0.25) is 0 Å². The van der Waals surface area contributed by atoms with Gasteiger partial charge in [0.15, 0.2) is 0 Å². The summed E-state index contributed by atoms with van der Waals surface area (Å²) in [4.78, 5) is 35.2. The summed E-state index contributed by atoms with van der Waals surface area (Å²) in [5.41, 5.74) is -1.15. The summed E-state index contributed by atoms with van der Waals surface area (Å²) < 4.78 is 0. The topological polar surface area (TPSA) is 118 Å². The SMILES string of the molecule is CCN(CC(C)(C)O)C(=O)N(CC(=O)O)CC(=O)O. The van der Waals surface area contributed by atoms with E-state index in [1.807, 2.05) is 0 Å². The molecular formula is C11H20N2O6. The van der Waals surface area contributed by atoms with Crippen molar-refractivity contribution in [3.05, 3.63) is 0 Å². The third kappa shape index (κ3) is 7.24. The fourth-order valence-electron chi connectivity index (χ4n) is 1.50. The minimum Gasteiger partial charge on any atom is -0.480 e. The highest BCUT2D eigenvalue weighted by atomic mass is 16.4. The number of carboxylic acids is 2. The van der Waals surface area contributed by atoms with Crippen LogP contribution in [0.4, 0.5) is 4.79 Å². The normalized spacial score (nSPS) is 10.9. The first kappa shape index (κ1) is 17.2. The number of carboxylic acid groups (broad SMARTS) is 2. The maximum absolute atomic E-state index is 12.0. The lowest BCUT2D eigenvalue weighted by molar-refractivity contribution is -0.140. The van der Waals surface area contributed by atoms with Crippen molar-refractivity contribution in [1.82, 2.24) is 9.80 Å². The van der Waals surface area contributed by atoms with Gasteiger partial charge in [-0.05, 0) is 20.8 Å². The molecule has 0 atom stereocenters. The Bertz CT molecular complexity index is 334. The molecule has 0 spiro atoms. The Balaban J connectivity index is 4.92. The van der Waals surface area contributed by atoms with E-state index >= 15 is 0 Å². The van der Waals surface area contributed by atoms with E-state index in [4.69, 9.17) is 10.2 Å². The maximum Gasteiger partial charge on any atom is 0.323 e. The predicted molar refractivity (Wildman–Crippen MR) is 65.8 cm³/mol. The van der Waals surface area contributed by atoms with Crippen LogP contribution in [0.25, 0.3) is 0 Å². The van der Waals surface area contributed by atoms with E-state index in [1.54, 1.807) is 6.92 Å². The molecule has 0 radical (unpaired) electrons. The van der Waals surface area contributed by atoms with Crippen molar-refractivity contribution < 1.29 is 29.7 Å². The highest BCUT2D eigenvalue weighted by Crippen LogP contribution is 2.08. The van der Waals surface area contributed by atoms with Crippen molar-refractivity contribution in [2.75, 3.05) is 26.2 Å². The second-order valence-corrected chi connectivity index (χ2v) is 4.75. The van der Waals surface area contributed by atoms with Gasteiger partial charge in [-0.2, -0.15) is 0 Å². The van der Waals surface area contributed by atoms with Crippen molar-refractivity contribution >= 4 is 18.0 Å². The smallest absolute Gasteiger partial charge is 0.323 e. The van der Waals surface area contributed by atoms with E-state index in [-0.39, 0.29) is 13.1 Å². The number of hydrogen-bond acceptors (Lipinski definition) is 4. The van der Waals surface area contributed by atoms with Crippen LogP contribution in [0.15, 0.2) is 0 Å². The summed E-state index contributed by atoms with van der Waals surface area (Å²) in [6.07, 6.45) is 0. The molecule has 0 heterocycles. The molecule has 0 unspecified atom stereocenters. The molecule has 0 bridgehead atoms. The number of nitrogens with zero attached hydrogens (tertiary/aromatic N) is 2. The van der Waals surface area contributed by atoms with Crippen molar-refractivity contribution in [3.63, 3.8) is 0 Å². The van der Waals surface area contributed by atoms with E-state index in [0.717, 1.165) is 0 Å². The van der Waals surface area contributed by atoms with Gasteiger partial charge in [0, 0.05) is 6.54 Å². The molecule has 0 fully saturated rings. The first-order chi connectivity index (χ1) is 8.56. The lowest BCUT2D eigenvalue weighted by Crippen LogP contribution is -2.51. The Morgan fingerprint density at radius 1 is 1.00 bits per heavy atom. The number of hydrogen-bond donors (Lipinski definition) is 3. The van der Waals surface area contributed by atoms with Gasteiger partial charge in [0.1, 0.15) is 13.1 Å². The molecule has 0 aromatic carbocycles. The number of aliphatic hydroxyl groups is 1. The molecule has 3 N–H and O–H groups in total. The lowest BCUT2D eigenvalue weighted by Gasteiger charge is -2.32. The fourth-order valence-corrected chi connectivity index (χ4v) is 1.50. The van der Waals surface area contributed by atoms with Gasteiger partial charge in [-0.15, -0.1) is 0 Å². The molecule has 0 aliphatic rings. The molecular weight excluding hydrogens is 256 g/mol. The van der Waals surface area contributed by atoms with Crippen LogP contribution in [-0.4, -0.2) is 74.9 Å². The van der Waals surface area contributed by atoms with Crippen LogP contribution >= 0.6 is 0 Å². The van der Waals surface area contributed by atoms with E-state index in [9.17, 15) is 19.5 Å². The maximum atomic E-state index is 12.0. The van der Waals surface area contributed by atoms with Gasteiger partial charge in [0.2, 0.25) is 0 Å². The quantitative estimate of drug-likeness (QED) is 0.586. The average Bonchev–Trinajstić information content (AvgIpc) is 2.21. The average molecular weight is 276 g/mol. The Hall–Kier alpha value is -1.83. The van der Waals surface area contributed by atoms with Crippen LogP contribution in [-0.2, 0) is 9.59 Å². The highest BCUT2D eigenvalue weighted by molar-refractivity contribution is 5.84. The summed E-state index contributed by atoms with van der Waals surface area (Å²) in [5, 5.41) is 27.0. The zero-order chi connectivity index (χ0) is 15.2. The monoisotopic (exact) mass is 276 g/mol. The number of likely N-dealkylation sites (N-methyl/N-ethyl adjacent to an activating group) is 1. The van der Waals surface area contributed by atoms with Crippen LogP contribution in [0.5, 0.6) is 0 Å². The molecule has 8 nitrogen and oxygen atoms in total. The number of carbonyl (C=O) groups is 3. The van der Waals surface area contributed by atoms with Gasteiger partial charge in [0.25, 0.3) is 0 Å². The molecule has 0 aliphatic heterocycles. The molecule has 0 aromatic heterocycles. The van der Waals surface area contributed by atoms with Gasteiger partial charge in [0.05, 0.1) is 12.1 Å². The van der Waals surface area contributed by atoms with Gasteiger partial charge in [-0.1, -0.05) is 0 Å². The summed E-state index contributed by atoms with van der Waals surface area (Å²) in [7, 11) is 0. The van der Waals surface area contributed by atoms with E-state index < -0.39 is 36.7 Å². The minimum absolute atomic E-state index is 0.0158. The zero-order valence-corrected chi connectivity index (χ0v) is 11.3. The molecule has 19 heavy (non-hydrogen) atoms. The molecule has 110 valence electrons. The number of aliphatic carboxylic acids is 2. The van der Waals surface area contributed by atoms with Crippen LogP contribution in [0, 0.1) is 0 Å². The van der Waals surface area contributed by atoms with Crippen LogP contribution in [0.1, 0.15) is 20.8 Å². The molecule has 0 aromatic rings. The number of carbonyl (C=O) groups excluding carboxylic acids is 1. The van der Waals surface area contributed by atoms with Gasteiger partial charge in [-0.25, -0.2) is 4.79 Å². The third-order valence-electron chi connectivity index (χ3n) is 2.15. The highest BCUT2D eigenvalue weighted by Gasteiger charge is 2.27. The second kappa shape index (κ2) is 6.93. The lowest BCUT2D eigenvalue weighted by atomic mass is 10.1. The molecule has 0 rings (SSSR count). The van der Waals surface area contributed by atoms with Crippen molar-refractivity contribution in [2.24, 2.45) is 0 Å². The summed E-state index contributed by atoms with van der Waals surface area (Å²) in [6.45, 7) is 3.48. The predicted octanol–water partition coefficient (Wildman–Crippen LogP) is -0.330. The Morgan fingerprint density at radius 3 is 1.68 bits per heavy atom. The molecule has 0 saturated heterocycles. The molecule has 0 aliphatic carbocycles. The van der Waals surface area contributed by atoms with Gasteiger partial charge < -0.3 is 25.1 Å². The second-order valence-electron chi connectivity index (χ2n) is 4.75. The van der Waals surface area contributed by atoms with E-state index in [2.05, 4.69) is 0 Å². The largest absolute Gasteiger partial charge is 0.480 e. The molecule has 2 amide bonds. The Morgan fingerprint density at radius 2 is 1.42 bits per heavy atom. The summed E-state index contributed by atoms with van der Waals surface area (Å²) >= 11 is 0. The zero-order valence-electron chi connectivity index (χ0n) is 11.3. The standard InChI is InChI=1S/C11H20N2O6/c1-4-12(7-11(2,3)19)10(18)13(5-8(14)15)6-9(16)17/h19H,4-7H2,1-3H3,(H,14,15)(H,16,17). The number of amides is 2. The number of rotatable bonds is 7. The van der Waals surface area contributed by atoms with Gasteiger partial charge >= 0.3 is 18.0 Å². The van der Waals surface area contributed by atoms with Crippen molar-refractivity contribution in [2.45, 2.75) is 26.4 Å². The van der Waals surface area contributed by atoms with Crippen LogP contribution < -0.4 is 0 Å². The molecule has 8 heteroatoms. The minimum atomic E-state index is -1.30. The van der Waals surface area contributed by atoms with Gasteiger partial charge in [-0.3, -0.25) is 9.59 Å². The molecule has 0 saturated carbocycles.